The van der Waals surface area contributed by atoms with Crippen LogP contribution in [0.2, 0.25) is 0 Å². The van der Waals surface area contributed by atoms with Crippen LogP contribution >= 0.6 is 15.9 Å². The Labute approximate surface area is 149 Å². The first-order chi connectivity index (χ1) is 11.4. The number of amides is 4. The first-order valence-electron chi connectivity index (χ1n) is 8.12. The molecule has 0 aromatic heterocycles. The van der Waals surface area contributed by atoms with E-state index in [1.165, 1.54) is 0 Å². The van der Waals surface area contributed by atoms with Crippen molar-refractivity contribution in [1.29, 1.82) is 0 Å². The molecule has 2 fully saturated rings. The lowest BCUT2D eigenvalue weighted by atomic mass is 9.73. The molecule has 1 aromatic rings. The summed E-state index contributed by atoms with van der Waals surface area (Å²) >= 11 is 3.35. The Morgan fingerprint density at radius 3 is 2.83 bits per heavy atom. The Morgan fingerprint density at radius 1 is 1.38 bits per heavy atom. The molecule has 4 amide bonds. The predicted molar refractivity (Wildman–Crippen MR) is 93.4 cm³/mol. The van der Waals surface area contributed by atoms with Crippen molar-refractivity contribution in [1.82, 2.24) is 10.2 Å². The number of urea groups is 1. The van der Waals surface area contributed by atoms with Gasteiger partial charge in [0, 0.05) is 4.47 Å². The van der Waals surface area contributed by atoms with Crippen molar-refractivity contribution in [3.63, 3.8) is 0 Å². The van der Waals surface area contributed by atoms with Gasteiger partial charge in [-0.2, -0.15) is 0 Å². The van der Waals surface area contributed by atoms with Gasteiger partial charge >= 0.3 is 6.03 Å². The number of anilines is 1. The van der Waals surface area contributed by atoms with Gasteiger partial charge < -0.3 is 10.6 Å². The number of carbonyl (C=O) groups excluding carboxylic acids is 3. The van der Waals surface area contributed by atoms with Crippen molar-refractivity contribution in [3.05, 3.63) is 28.7 Å². The molecule has 0 bridgehead atoms. The second-order valence-corrected chi connectivity index (χ2v) is 7.32. The maximum Gasteiger partial charge on any atom is 0.325 e. The molecule has 1 saturated carbocycles. The van der Waals surface area contributed by atoms with Crippen LogP contribution in [0.3, 0.4) is 0 Å². The normalized spacial score (nSPS) is 26.6. The van der Waals surface area contributed by atoms with Gasteiger partial charge in [-0.05, 0) is 46.8 Å². The lowest BCUT2D eigenvalue weighted by Gasteiger charge is -2.36. The predicted octanol–water partition coefficient (Wildman–Crippen LogP) is 2.89. The number of nitrogens with one attached hydrogen (secondary N) is 2. The van der Waals surface area contributed by atoms with Crippen molar-refractivity contribution in [2.75, 3.05) is 11.9 Å². The van der Waals surface area contributed by atoms with Crippen molar-refractivity contribution < 1.29 is 14.4 Å². The summed E-state index contributed by atoms with van der Waals surface area (Å²) in [7, 11) is 0. The number of benzene rings is 1. The average Bonchev–Trinajstić information content (AvgIpc) is 2.78. The molecule has 1 heterocycles. The molecule has 1 aliphatic heterocycles. The van der Waals surface area contributed by atoms with Gasteiger partial charge in [-0.1, -0.05) is 31.9 Å². The minimum Gasteiger partial charge on any atom is -0.324 e. The number of imide groups is 1. The van der Waals surface area contributed by atoms with E-state index >= 15 is 0 Å². The summed E-state index contributed by atoms with van der Waals surface area (Å²) in [5.41, 5.74) is -0.224. The summed E-state index contributed by atoms with van der Waals surface area (Å²) in [6.45, 7) is 1.71. The van der Waals surface area contributed by atoms with Crippen LogP contribution in [0, 0.1) is 5.92 Å². The van der Waals surface area contributed by atoms with Crippen LogP contribution in [0.15, 0.2) is 28.7 Å². The first kappa shape index (κ1) is 17.0. The van der Waals surface area contributed by atoms with E-state index < -0.39 is 17.5 Å². The molecule has 24 heavy (non-hydrogen) atoms. The second-order valence-electron chi connectivity index (χ2n) is 6.47. The number of carbonyl (C=O) groups is 3. The molecule has 1 saturated heterocycles. The molecule has 0 radical (unpaired) electrons. The summed E-state index contributed by atoms with van der Waals surface area (Å²) in [5, 5.41) is 5.57. The second kappa shape index (κ2) is 6.55. The van der Waals surface area contributed by atoms with E-state index in [4.69, 9.17) is 0 Å². The molecule has 2 N–H and O–H groups in total. The highest BCUT2D eigenvalue weighted by molar-refractivity contribution is 9.10. The van der Waals surface area contributed by atoms with Gasteiger partial charge in [0.15, 0.2) is 0 Å². The maximum absolute atomic E-state index is 12.8. The van der Waals surface area contributed by atoms with Crippen LogP contribution in [0.1, 0.15) is 32.6 Å². The molecule has 1 aromatic carbocycles. The van der Waals surface area contributed by atoms with E-state index in [9.17, 15) is 14.4 Å². The lowest BCUT2D eigenvalue weighted by Crippen LogP contribution is -2.54. The van der Waals surface area contributed by atoms with Crippen molar-refractivity contribution in [2.24, 2.45) is 5.92 Å². The highest BCUT2D eigenvalue weighted by atomic mass is 79.9. The lowest BCUT2D eigenvalue weighted by molar-refractivity contribution is -0.136. The fraction of sp³-hybridized carbons (Fsp3) is 0.471. The van der Waals surface area contributed by atoms with Crippen molar-refractivity contribution in [2.45, 2.75) is 38.1 Å². The number of hydrogen-bond acceptors (Lipinski definition) is 3. The summed E-state index contributed by atoms with van der Waals surface area (Å²) in [6, 6.07) is 6.72. The van der Waals surface area contributed by atoms with Gasteiger partial charge in [0.1, 0.15) is 12.1 Å². The van der Waals surface area contributed by atoms with Gasteiger partial charge in [0.05, 0.1) is 5.69 Å². The van der Waals surface area contributed by atoms with Crippen molar-refractivity contribution >= 4 is 39.5 Å². The van der Waals surface area contributed by atoms with Gasteiger partial charge in [-0.3, -0.25) is 14.5 Å². The number of para-hydroxylation sites is 1. The zero-order chi connectivity index (χ0) is 17.3. The topological polar surface area (TPSA) is 78.5 Å². The van der Waals surface area contributed by atoms with E-state index in [0.717, 1.165) is 28.6 Å². The average molecular weight is 394 g/mol. The quantitative estimate of drug-likeness (QED) is 0.774. The zero-order valence-electron chi connectivity index (χ0n) is 13.5. The summed E-state index contributed by atoms with van der Waals surface area (Å²) in [4.78, 5) is 38.4. The minimum atomic E-state index is -0.830. The smallest absolute Gasteiger partial charge is 0.324 e. The highest BCUT2D eigenvalue weighted by Gasteiger charge is 2.55. The molecule has 1 aliphatic carbocycles. The fourth-order valence-corrected chi connectivity index (χ4v) is 3.92. The maximum atomic E-state index is 12.8. The Balaban J connectivity index is 1.71. The van der Waals surface area contributed by atoms with Crippen LogP contribution in [-0.4, -0.2) is 34.8 Å². The number of halogens is 1. The van der Waals surface area contributed by atoms with E-state index in [1.807, 2.05) is 19.1 Å². The Hall–Kier alpha value is -1.89. The van der Waals surface area contributed by atoms with E-state index in [2.05, 4.69) is 26.6 Å². The molecule has 128 valence electrons. The zero-order valence-corrected chi connectivity index (χ0v) is 15.1. The number of hydrogen-bond donors (Lipinski definition) is 2. The monoisotopic (exact) mass is 393 g/mol. The van der Waals surface area contributed by atoms with Gasteiger partial charge in [-0.25, -0.2) is 4.79 Å². The number of rotatable bonds is 3. The molecular formula is C17H20BrN3O3. The Morgan fingerprint density at radius 2 is 2.12 bits per heavy atom. The van der Waals surface area contributed by atoms with E-state index in [0.29, 0.717) is 12.1 Å². The van der Waals surface area contributed by atoms with Crippen LogP contribution in [0.25, 0.3) is 0 Å². The van der Waals surface area contributed by atoms with Crippen LogP contribution < -0.4 is 10.6 Å². The SMILES string of the molecule is C[C@H]1CCCC[C@@]12NC(=O)N(CC(=O)Nc1ccccc1Br)C2=O. The Bertz CT molecular complexity index is 693. The van der Waals surface area contributed by atoms with Crippen LogP contribution in [0.5, 0.6) is 0 Å². The number of nitrogens with zero attached hydrogens (tertiary/aromatic N) is 1. The molecule has 3 rings (SSSR count). The van der Waals surface area contributed by atoms with Crippen LogP contribution in [-0.2, 0) is 9.59 Å². The van der Waals surface area contributed by atoms with Gasteiger partial charge in [0.25, 0.3) is 5.91 Å². The molecule has 2 atom stereocenters. The molecule has 2 aliphatic rings. The summed E-state index contributed by atoms with van der Waals surface area (Å²) in [5.74, 6) is -0.591. The third-order valence-electron chi connectivity index (χ3n) is 4.95. The molecule has 0 unspecified atom stereocenters. The van der Waals surface area contributed by atoms with E-state index in [-0.39, 0.29) is 18.4 Å². The molecule has 6 nitrogen and oxygen atoms in total. The Kier molecular flexibility index (Phi) is 4.62. The molecule has 7 heteroatoms. The van der Waals surface area contributed by atoms with Crippen LogP contribution in [0.4, 0.5) is 10.5 Å². The minimum absolute atomic E-state index is 0.0824. The van der Waals surface area contributed by atoms with Gasteiger partial charge in [-0.15, -0.1) is 0 Å². The fourth-order valence-electron chi connectivity index (χ4n) is 3.53. The highest BCUT2D eigenvalue weighted by Crippen LogP contribution is 2.38. The van der Waals surface area contributed by atoms with Gasteiger partial charge in [0.2, 0.25) is 5.91 Å². The summed E-state index contributed by atoms with van der Waals surface area (Å²) in [6.07, 6.45) is 3.52. The standard InChI is InChI=1S/C17H20BrN3O3/c1-11-6-4-5-9-17(11)15(23)21(16(24)20-17)10-14(22)19-13-8-3-2-7-12(13)18/h2-3,7-8,11H,4-6,9-10H2,1H3,(H,19,22)(H,20,24)/t11-,17+/m0/s1. The third kappa shape index (κ3) is 2.92. The third-order valence-corrected chi connectivity index (χ3v) is 5.64. The largest absolute Gasteiger partial charge is 0.325 e. The summed E-state index contributed by atoms with van der Waals surface area (Å²) < 4.78 is 0.743. The van der Waals surface area contributed by atoms with Crippen molar-refractivity contribution in [3.8, 4) is 0 Å². The van der Waals surface area contributed by atoms with E-state index in [1.54, 1.807) is 12.1 Å². The first-order valence-corrected chi connectivity index (χ1v) is 8.92. The molecule has 1 spiro atoms. The molecular weight excluding hydrogens is 374 g/mol.